The molecule has 2 rings (SSSR count). The number of hydrogen-bond donors (Lipinski definition) is 0. The van der Waals surface area contributed by atoms with Crippen LogP contribution in [0.5, 0.6) is 17.2 Å². The van der Waals surface area contributed by atoms with Crippen LogP contribution >= 0.6 is 0 Å². The average Bonchev–Trinajstić information content (AvgIpc) is 2.77. The Bertz CT molecular complexity index is 773. The number of ether oxygens (including phenoxy) is 4. The summed E-state index contributed by atoms with van der Waals surface area (Å²) in [5.74, 6) is 0.223. The Morgan fingerprint density at radius 1 is 1.00 bits per heavy atom. The van der Waals surface area contributed by atoms with Crippen molar-refractivity contribution in [1.29, 1.82) is 0 Å². The van der Waals surface area contributed by atoms with Crippen LogP contribution in [0.4, 0.5) is 0 Å². The van der Waals surface area contributed by atoms with Crippen LogP contribution in [0.15, 0.2) is 12.1 Å². The van der Waals surface area contributed by atoms with Crippen LogP contribution < -0.4 is 14.2 Å². The molecule has 2 amide bonds. The molecule has 1 saturated heterocycles. The van der Waals surface area contributed by atoms with Crippen LogP contribution in [0.3, 0.4) is 0 Å². The maximum absolute atomic E-state index is 12.9. The maximum atomic E-state index is 12.9. The fourth-order valence-electron chi connectivity index (χ4n) is 3.40. The van der Waals surface area contributed by atoms with Gasteiger partial charge in [-0.2, -0.15) is 0 Å². The molecule has 0 saturated carbocycles. The molecule has 30 heavy (non-hydrogen) atoms. The first-order chi connectivity index (χ1) is 14.4. The van der Waals surface area contributed by atoms with Crippen molar-refractivity contribution in [2.75, 3.05) is 54.6 Å². The number of likely N-dealkylation sites (N-methyl/N-ethyl adjacent to an activating group) is 1. The van der Waals surface area contributed by atoms with Gasteiger partial charge in [0, 0.05) is 32.3 Å². The highest BCUT2D eigenvalue weighted by Gasteiger charge is 2.29. The monoisotopic (exact) mass is 422 g/mol. The lowest BCUT2D eigenvalue weighted by atomic mass is 9.97. The molecule has 1 fully saturated rings. The van der Waals surface area contributed by atoms with E-state index in [0.29, 0.717) is 49.8 Å². The molecule has 0 spiro atoms. The number of amides is 2. The number of likely N-dealkylation sites (tertiary alicyclic amines) is 1. The lowest BCUT2D eigenvalue weighted by molar-refractivity contribution is -0.151. The normalized spacial score (nSPS) is 14.1. The fourth-order valence-corrected chi connectivity index (χ4v) is 3.40. The SMILES string of the molecule is CCOC(=O)C1CCN(C(=O)CN(C)C(=O)c2cc(OC)c(OC)cc2OC)CC1. The molecule has 0 unspecified atom stereocenters. The van der Waals surface area contributed by atoms with Gasteiger partial charge in [-0.15, -0.1) is 0 Å². The molecule has 0 radical (unpaired) electrons. The largest absolute Gasteiger partial charge is 0.496 e. The Morgan fingerprint density at radius 2 is 1.57 bits per heavy atom. The summed E-state index contributed by atoms with van der Waals surface area (Å²) in [4.78, 5) is 40.5. The van der Waals surface area contributed by atoms with Gasteiger partial charge in [-0.3, -0.25) is 14.4 Å². The molecule has 0 bridgehead atoms. The molecule has 0 atom stereocenters. The van der Waals surface area contributed by atoms with Gasteiger partial charge in [0.1, 0.15) is 5.75 Å². The summed E-state index contributed by atoms with van der Waals surface area (Å²) in [6.45, 7) is 2.97. The molecule has 0 aliphatic carbocycles. The van der Waals surface area contributed by atoms with E-state index in [1.807, 2.05) is 0 Å². The summed E-state index contributed by atoms with van der Waals surface area (Å²) in [5.41, 5.74) is 0.270. The second kappa shape index (κ2) is 10.7. The molecular formula is C21H30N2O7. The number of carbonyl (C=O) groups is 3. The third kappa shape index (κ3) is 5.34. The second-order valence-corrected chi connectivity index (χ2v) is 6.98. The van der Waals surface area contributed by atoms with Gasteiger partial charge in [-0.05, 0) is 19.8 Å². The predicted molar refractivity (Wildman–Crippen MR) is 109 cm³/mol. The van der Waals surface area contributed by atoms with Crippen molar-refractivity contribution < 1.29 is 33.3 Å². The summed E-state index contributed by atoms with van der Waals surface area (Å²) in [6.07, 6.45) is 1.12. The zero-order valence-corrected chi connectivity index (χ0v) is 18.2. The number of esters is 1. The standard InChI is InChI=1S/C21H30N2O7/c1-6-30-21(26)14-7-9-23(10-8-14)19(24)13-22(2)20(25)15-11-17(28-4)18(29-5)12-16(15)27-3/h11-12,14H,6-10,13H2,1-5H3. The molecule has 1 aliphatic rings. The lowest BCUT2D eigenvalue weighted by Crippen LogP contribution is -2.45. The molecule has 1 heterocycles. The minimum absolute atomic E-state index is 0.0829. The molecule has 9 nitrogen and oxygen atoms in total. The van der Waals surface area contributed by atoms with E-state index in [0.717, 1.165) is 0 Å². The highest BCUT2D eigenvalue weighted by Crippen LogP contribution is 2.35. The maximum Gasteiger partial charge on any atom is 0.309 e. The van der Waals surface area contributed by atoms with Crippen molar-refractivity contribution in [1.82, 2.24) is 9.80 Å². The smallest absolute Gasteiger partial charge is 0.309 e. The average molecular weight is 422 g/mol. The molecule has 1 aromatic rings. The molecule has 1 aromatic carbocycles. The Labute approximate surface area is 176 Å². The van der Waals surface area contributed by atoms with Crippen molar-refractivity contribution in [3.05, 3.63) is 17.7 Å². The quantitative estimate of drug-likeness (QED) is 0.587. The van der Waals surface area contributed by atoms with E-state index in [-0.39, 0.29) is 35.8 Å². The summed E-state index contributed by atoms with van der Waals surface area (Å²) >= 11 is 0. The number of benzene rings is 1. The van der Waals surface area contributed by atoms with E-state index in [4.69, 9.17) is 18.9 Å². The van der Waals surface area contributed by atoms with E-state index in [2.05, 4.69) is 0 Å². The summed E-state index contributed by atoms with van der Waals surface area (Å²) in [5, 5.41) is 0. The van der Waals surface area contributed by atoms with Crippen LogP contribution in [-0.2, 0) is 14.3 Å². The molecule has 9 heteroatoms. The van der Waals surface area contributed by atoms with Crippen molar-refractivity contribution in [3.63, 3.8) is 0 Å². The zero-order valence-electron chi connectivity index (χ0n) is 18.2. The number of piperidine rings is 1. The molecule has 0 aromatic heterocycles. The number of methoxy groups -OCH3 is 3. The van der Waals surface area contributed by atoms with Gasteiger partial charge >= 0.3 is 5.97 Å². The Balaban J connectivity index is 2.02. The van der Waals surface area contributed by atoms with E-state index >= 15 is 0 Å². The van der Waals surface area contributed by atoms with Crippen LogP contribution in [0.25, 0.3) is 0 Å². The Kier molecular flexibility index (Phi) is 8.32. The first kappa shape index (κ1) is 23.3. The van der Waals surface area contributed by atoms with E-state index in [9.17, 15) is 14.4 Å². The van der Waals surface area contributed by atoms with Crippen molar-refractivity contribution in [2.24, 2.45) is 5.92 Å². The van der Waals surface area contributed by atoms with Gasteiger partial charge in [0.2, 0.25) is 5.91 Å². The predicted octanol–water partition coefficient (Wildman–Crippen LogP) is 1.59. The fraction of sp³-hybridized carbons (Fsp3) is 0.571. The van der Waals surface area contributed by atoms with E-state index in [1.54, 1.807) is 24.9 Å². The highest BCUT2D eigenvalue weighted by atomic mass is 16.5. The number of hydrogen-bond acceptors (Lipinski definition) is 7. The first-order valence-electron chi connectivity index (χ1n) is 9.86. The molecule has 166 valence electrons. The third-order valence-corrected chi connectivity index (χ3v) is 5.12. The van der Waals surface area contributed by atoms with Crippen molar-refractivity contribution in [3.8, 4) is 17.2 Å². The van der Waals surface area contributed by atoms with Crippen LogP contribution in [0, 0.1) is 5.92 Å². The zero-order chi connectivity index (χ0) is 22.3. The molecule has 0 N–H and O–H groups in total. The summed E-state index contributed by atoms with van der Waals surface area (Å²) in [7, 11) is 5.99. The lowest BCUT2D eigenvalue weighted by Gasteiger charge is -2.32. The number of carbonyl (C=O) groups excluding carboxylic acids is 3. The Morgan fingerprint density at radius 3 is 2.10 bits per heavy atom. The summed E-state index contributed by atoms with van der Waals surface area (Å²) in [6, 6.07) is 3.10. The first-order valence-corrected chi connectivity index (χ1v) is 9.86. The van der Waals surface area contributed by atoms with Gasteiger partial charge in [0.25, 0.3) is 5.91 Å². The number of nitrogens with zero attached hydrogens (tertiary/aromatic N) is 2. The van der Waals surface area contributed by atoms with Gasteiger partial charge in [-0.1, -0.05) is 0 Å². The highest BCUT2D eigenvalue weighted by molar-refractivity contribution is 5.99. The molecule has 1 aliphatic heterocycles. The topological polar surface area (TPSA) is 94.6 Å². The van der Waals surface area contributed by atoms with Crippen LogP contribution in [0.2, 0.25) is 0 Å². The summed E-state index contributed by atoms with van der Waals surface area (Å²) < 4.78 is 20.9. The third-order valence-electron chi connectivity index (χ3n) is 5.12. The van der Waals surface area contributed by atoms with Gasteiger partial charge in [0.05, 0.1) is 46.0 Å². The van der Waals surface area contributed by atoms with Crippen LogP contribution in [0.1, 0.15) is 30.1 Å². The molecular weight excluding hydrogens is 392 g/mol. The van der Waals surface area contributed by atoms with E-state index < -0.39 is 0 Å². The van der Waals surface area contributed by atoms with Crippen molar-refractivity contribution in [2.45, 2.75) is 19.8 Å². The van der Waals surface area contributed by atoms with Gasteiger partial charge < -0.3 is 28.7 Å². The second-order valence-electron chi connectivity index (χ2n) is 6.98. The van der Waals surface area contributed by atoms with Gasteiger partial charge in [-0.25, -0.2) is 0 Å². The minimum Gasteiger partial charge on any atom is -0.496 e. The number of rotatable bonds is 8. The van der Waals surface area contributed by atoms with Gasteiger partial charge in [0.15, 0.2) is 11.5 Å². The minimum atomic E-state index is -0.373. The van der Waals surface area contributed by atoms with Crippen LogP contribution in [-0.4, -0.2) is 82.2 Å². The van der Waals surface area contributed by atoms with E-state index in [1.165, 1.54) is 32.3 Å². The van der Waals surface area contributed by atoms with Crippen molar-refractivity contribution >= 4 is 17.8 Å². The Hall–Kier alpha value is -2.97.